The zero-order valence-corrected chi connectivity index (χ0v) is 19.1. The van der Waals surface area contributed by atoms with E-state index < -0.39 is 0 Å². The van der Waals surface area contributed by atoms with E-state index in [2.05, 4.69) is 27.7 Å². The Labute approximate surface area is 173 Å². The number of ether oxygens (including phenoxy) is 1. The summed E-state index contributed by atoms with van der Waals surface area (Å²) in [6, 6.07) is 0. The van der Waals surface area contributed by atoms with Crippen LogP contribution in [0.15, 0.2) is 0 Å². The SMILES string of the molecule is COC(=O)C(C)C[C@@H](C)[C@H]1CC[C@H]2[C@@H]3CCC4CCCC[C@]4(C)[C@H]3CC[C@]12C. The molecule has 160 valence electrons. The van der Waals surface area contributed by atoms with Gasteiger partial charge in [-0.25, -0.2) is 0 Å². The highest BCUT2D eigenvalue weighted by Crippen LogP contribution is 2.68. The molecule has 0 aromatic rings. The van der Waals surface area contributed by atoms with Crippen molar-refractivity contribution in [1.29, 1.82) is 0 Å². The highest BCUT2D eigenvalue weighted by Gasteiger charge is 2.60. The standard InChI is InChI=1S/C26H44O2/c1-17(16-18(2)24(27)28-5)21-11-12-22-20-10-9-19-8-6-7-14-25(19,3)23(20)13-15-26(21,22)4/h17-23H,6-16H2,1-5H3/t17-,18?,19?,20+,21-,22+,23+,25+,26-/m1/s1. The van der Waals surface area contributed by atoms with E-state index in [0.29, 0.717) is 16.7 Å². The molecule has 4 aliphatic carbocycles. The van der Waals surface area contributed by atoms with Crippen molar-refractivity contribution in [2.75, 3.05) is 7.11 Å². The van der Waals surface area contributed by atoms with Crippen LogP contribution < -0.4 is 0 Å². The molecule has 0 spiro atoms. The fourth-order valence-electron chi connectivity index (χ4n) is 9.29. The van der Waals surface area contributed by atoms with Gasteiger partial charge in [0.05, 0.1) is 13.0 Å². The predicted molar refractivity (Wildman–Crippen MR) is 115 cm³/mol. The van der Waals surface area contributed by atoms with Crippen LogP contribution in [-0.2, 0) is 9.53 Å². The molecule has 4 saturated carbocycles. The highest BCUT2D eigenvalue weighted by molar-refractivity contribution is 5.71. The van der Waals surface area contributed by atoms with E-state index in [1.165, 1.54) is 71.3 Å². The van der Waals surface area contributed by atoms with Crippen LogP contribution in [0.5, 0.6) is 0 Å². The van der Waals surface area contributed by atoms with Gasteiger partial charge >= 0.3 is 5.97 Å². The molecular formula is C26H44O2. The second-order valence-corrected chi connectivity index (χ2v) is 11.8. The van der Waals surface area contributed by atoms with Gasteiger partial charge in [0.15, 0.2) is 0 Å². The number of fused-ring (bicyclic) bond motifs is 5. The monoisotopic (exact) mass is 388 g/mol. The molecule has 2 nitrogen and oxygen atoms in total. The normalized spacial score (nSPS) is 47.4. The third kappa shape index (κ3) is 3.16. The van der Waals surface area contributed by atoms with Gasteiger partial charge in [-0.2, -0.15) is 0 Å². The fraction of sp³-hybridized carbons (Fsp3) is 0.962. The fourth-order valence-corrected chi connectivity index (χ4v) is 9.29. The minimum Gasteiger partial charge on any atom is -0.469 e. The molecule has 4 fully saturated rings. The van der Waals surface area contributed by atoms with Crippen molar-refractivity contribution in [3.05, 3.63) is 0 Å². The second-order valence-electron chi connectivity index (χ2n) is 11.8. The zero-order valence-electron chi connectivity index (χ0n) is 19.1. The van der Waals surface area contributed by atoms with Gasteiger partial charge in [-0.1, -0.05) is 40.5 Å². The van der Waals surface area contributed by atoms with Crippen LogP contribution >= 0.6 is 0 Å². The summed E-state index contributed by atoms with van der Waals surface area (Å²) in [5.41, 5.74) is 1.15. The Hall–Kier alpha value is -0.530. The molecule has 2 unspecified atom stereocenters. The smallest absolute Gasteiger partial charge is 0.308 e. The summed E-state index contributed by atoms with van der Waals surface area (Å²) in [6.45, 7) is 9.80. The lowest BCUT2D eigenvalue weighted by Crippen LogP contribution is -2.53. The van der Waals surface area contributed by atoms with Crippen LogP contribution in [0.4, 0.5) is 0 Å². The summed E-state index contributed by atoms with van der Waals surface area (Å²) >= 11 is 0. The van der Waals surface area contributed by atoms with Crippen LogP contribution in [0.25, 0.3) is 0 Å². The maximum absolute atomic E-state index is 12.0. The highest BCUT2D eigenvalue weighted by atomic mass is 16.5. The first-order chi connectivity index (χ1) is 13.3. The van der Waals surface area contributed by atoms with E-state index in [1.807, 2.05) is 0 Å². The molecule has 0 amide bonds. The Bertz CT molecular complexity index is 585. The molecule has 0 aliphatic heterocycles. The van der Waals surface area contributed by atoms with Crippen LogP contribution in [0.1, 0.15) is 98.3 Å². The summed E-state index contributed by atoms with van der Waals surface area (Å²) in [5, 5.41) is 0. The molecular weight excluding hydrogens is 344 g/mol. The minimum atomic E-state index is -0.0289. The average Bonchev–Trinajstić information content (AvgIpc) is 3.04. The molecule has 28 heavy (non-hydrogen) atoms. The number of esters is 1. The number of carbonyl (C=O) groups is 1. The molecule has 0 radical (unpaired) electrons. The number of hydrogen-bond donors (Lipinski definition) is 0. The molecule has 0 bridgehead atoms. The second kappa shape index (κ2) is 7.62. The number of methoxy groups -OCH3 is 1. The van der Waals surface area contributed by atoms with Crippen LogP contribution in [0.2, 0.25) is 0 Å². The van der Waals surface area contributed by atoms with E-state index >= 15 is 0 Å². The summed E-state index contributed by atoms with van der Waals surface area (Å²) in [6.07, 6.45) is 15.7. The molecule has 4 rings (SSSR count). The Morgan fingerprint density at radius 3 is 2.43 bits per heavy atom. The molecule has 0 N–H and O–H groups in total. The lowest BCUT2D eigenvalue weighted by Gasteiger charge is -2.61. The molecule has 2 heteroatoms. The van der Waals surface area contributed by atoms with Gasteiger partial charge in [-0.05, 0) is 104 Å². The molecule has 0 saturated heterocycles. The molecule has 0 aromatic heterocycles. The molecule has 0 aromatic carbocycles. The zero-order chi connectivity index (χ0) is 20.1. The summed E-state index contributed by atoms with van der Waals surface area (Å²) in [4.78, 5) is 12.0. The van der Waals surface area contributed by atoms with Gasteiger partial charge < -0.3 is 4.74 Å². The van der Waals surface area contributed by atoms with E-state index in [1.54, 1.807) is 0 Å². The van der Waals surface area contributed by atoms with Crippen molar-refractivity contribution in [3.63, 3.8) is 0 Å². The van der Waals surface area contributed by atoms with Gasteiger partial charge in [0.1, 0.15) is 0 Å². The summed E-state index contributed by atoms with van der Waals surface area (Å²) < 4.78 is 5.00. The average molecular weight is 389 g/mol. The third-order valence-corrected chi connectivity index (χ3v) is 10.7. The van der Waals surface area contributed by atoms with E-state index in [0.717, 1.165) is 36.0 Å². The third-order valence-electron chi connectivity index (χ3n) is 10.7. The van der Waals surface area contributed by atoms with Crippen molar-refractivity contribution in [2.45, 2.75) is 98.3 Å². The van der Waals surface area contributed by atoms with Gasteiger partial charge in [0.25, 0.3) is 0 Å². The topological polar surface area (TPSA) is 26.3 Å². The molecule has 9 atom stereocenters. The van der Waals surface area contributed by atoms with E-state index in [4.69, 9.17) is 4.74 Å². The van der Waals surface area contributed by atoms with Crippen LogP contribution in [0.3, 0.4) is 0 Å². The van der Waals surface area contributed by atoms with Gasteiger partial charge in [0.2, 0.25) is 0 Å². The van der Waals surface area contributed by atoms with Gasteiger partial charge in [-0.15, -0.1) is 0 Å². The maximum atomic E-state index is 12.0. The Morgan fingerprint density at radius 2 is 1.68 bits per heavy atom. The first-order valence-electron chi connectivity index (χ1n) is 12.4. The van der Waals surface area contributed by atoms with E-state index in [9.17, 15) is 4.79 Å². The lowest BCUT2D eigenvalue weighted by atomic mass is 9.44. The summed E-state index contributed by atoms with van der Waals surface area (Å²) in [5.74, 6) is 5.36. The first kappa shape index (κ1) is 20.7. The van der Waals surface area contributed by atoms with Crippen molar-refractivity contribution >= 4 is 5.97 Å². The largest absolute Gasteiger partial charge is 0.469 e. The van der Waals surface area contributed by atoms with Gasteiger partial charge in [-0.3, -0.25) is 4.79 Å². The van der Waals surface area contributed by atoms with Crippen molar-refractivity contribution in [3.8, 4) is 0 Å². The van der Waals surface area contributed by atoms with Crippen molar-refractivity contribution < 1.29 is 9.53 Å². The van der Waals surface area contributed by atoms with E-state index in [-0.39, 0.29) is 11.9 Å². The van der Waals surface area contributed by atoms with Gasteiger partial charge in [0, 0.05) is 0 Å². The number of rotatable bonds is 4. The Balaban J connectivity index is 1.50. The summed E-state index contributed by atoms with van der Waals surface area (Å²) in [7, 11) is 1.53. The number of carbonyl (C=O) groups excluding carboxylic acids is 1. The quantitative estimate of drug-likeness (QED) is 0.491. The minimum absolute atomic E-state index is 0.0289. The van der Waals surface area contributed by atoms with Crippen molar-refractivity contribution in [2.24, 2.45) is 52.3 Å². The number of hydrogen-bond acceptors (Lipinski definition) is 2. The Morgan fingerprint density at radius 1 is 0.929 bits per heavy atom. The lowest BCUT2D eigenvalue weighted by molar-refractivity contribution is -0.146. The predicted octanol–water partition coefficient (Wildman–Crippen LogP) is 6.87. The molecule has 0 heterocycles. The molecule has 4 aliphatic rings. The first-order valence-corrected chi connectivity index (χ1v) is 12.4. The maximum Gasteiger partial charge on any atom is 0.308 e. The van der Waals surface area contributed by atoms with Crippen LogP contribution in [-0.4, -0.2) is 13.1 Å². The van der Waals surface area contributed by atoms with Crippen molar-refractivity contribution in [1.82, 2.24) is 0 Å². The van der Waals surface area contributed by atoms with Crippen LogP contribution in [0, 0.1) is 52.3 Å². The Kier molecular flexibility index (Phi) is 5.64.